The first-order chi connectivity index (χ1) is 8.57. The van der Waals surface area contributed by atoms with Crippen LogP contribution in [0.1, 0.15) is 12.8 Å². The van der Waals surface area contributed by atoms with E-state index in [4.69, 9.17) is 0 Å². The lowest BCUT2D eigenvalue weighted by Gasteiger charge is -2.24. The van der Waals surface area contributed by atoms with Crippen molar-refractivity contribution in [2.45, 2.75) is 23.8 Å². The van der Waals surface area contributed by atoms with Crippen LogP contribution in [0.15, 0.2) is 29.2 Å². The maximum absolute atomic E-state index is 13.6. The van der Waals surface area contributed by atoms with Gasteiger partial charge < -0.3 is 5.32 Å². The first kappa shape index (κ1) is 16.4. The van der Waals surface area contributed by atoms with Crippen LogP contribution in [-0.2, 0) is 10.0 Å². The molecule has 1 aromatic rings. The van der Waals surface area contributed by atoms with Gasteiger partial charge in [-0.1, -0.05) is 12.1 Å². The van der Waals surface area contributed by atoms with Crippen molar-refractivity contribution >= 4 is 22.4 Å². The highest BCUT2D eigenvalue weighted by atomic mass is 35.5. The summed E-state index contributed by atoms with van der Waals surface area (Å²) < 4.78 is 39.8. The normalized spacial score (nSPS) is 20.2. The van der Waals surface area contributed by atoms with E-state index >= 15 is 0 Å². The second-order valence-corrected chi connectivity index (χ2v) is 6.26. The van der Waals surface area contributed by atoms with Gasteiger partial charge >= 0.3 is 0 Å². The van der Waals surface area contributed by atoms with E-state index in [-0.39, 0.29) is 23.3 Å². The van der Waals surface area contributed by atoms with Gasteiger partial charge in [-0.2, -0.15) is 4.31 Å². The molecule has 1 aliphatic heterocycles. The molecule has 1 heterocycles. The molecule has 0 bridgehead atoms. The predicted molar refractivity (Wildman–Crippen MR) is 74.5 cm³/mol. The maximum atomic E-state index is 13.6. The minimum Gasteiger partial charge on any atom is -0.318 e. The van der Waals surface area contributed by atoms with E-state index in [9.17, 15) is 12.8 Å². The maximum Gasteiger partial charge on any atom is 0.246 e. The summed E-state index contributed by atoms with van der Waals surface area (Å²) in [6, 6.07) is 5.44. The Morgan fingerprint density at radius 3 is 2.74 bits per heavy atom. The Morgan fingerprint density at radius 1 is 1.42 bits per heavy atom. The van der Waals surface area contributed by atoms with Gasteiger partial charge in [-0.05, 0) is 32.0 Å². The quantitative estimate of drug-likeness (QED) is 0.919. The van der Waals surface area contributed by atoms with Crippen LogP contribution in [0.2, 0.25) is 0 Å². The van der Waals surface area contributed by atoms with Crippen LogP contribution in [0.4, 0.5) is 4.39 Å². The van der Waals surface area contributed by atoms with Crippen molar-refractivity contribution in [3.05, 3.63) is 30.1 Å². The molecule has 1 N–H and O–H groups in total. The summed E-state index contributed by atoms with van der Waals surface area (Å²) in [5.74, 6) is -0.687. The minimum atomic E-state index is -3.72. The fraction of sp³-hybridized carbons (Fsp3) is 0.500. The highest BCUT2D eigenvalue weighted by molar-refractivity contribution is 7.89. The Balaban J connectivity index is 0.00000180. The number of nitrogens with zero attached hydrogens (tertiary/aromatic N) is 1. The highest BCUT2D eigenvalue weighted by Gasteiger charge is 2.35. The van der Waals surface area contributed by atoms with Gasteiger partial charge in [0.2, 0.25) is 10.0 Å². The topological polar surface area (TPSA) is 49.4 Å². The van der Waals surface area contributed by atoms with Gasteiger partial charge in [0.15, 0.2) is 0 Å². The lowest BCUT2D eigenvalue weighted by Crippen LogP contribution is -2.41. The summed E-state index contributed by atoms with van der Waals surface area (Å²) in [6.45, 7) is 1.05. The van der Waals surface area contributed by atoms with Gasteiger partial charge in [0, 0.05) is 19.1 Å². The summed E-state index contributed by atoms with van der Waals surface area (Å²) in [5, 5.41) is 2.98. The van der Waals surface area contributed by atoms with Gasteiger partial charge in [0.25, 0.3) is 0 Å². The van der Waals surface area contributed by atoms with Crippen LogP contribution >= 0.6 is 12.4 Å². The molecule has 108 valence electrons. The van der Waals surface area contributed by atoms with Gasteiger partial charge in [0.1, 0.15) is 10.7 Å². The van der Waals surface area contributed by atoms with E-state index in [1.54, 1.807) is 13.1 Å². The molecule has 1 aromatic carbocycles. The number of sulfonamides is 1. The highest BCUT2D eigenvalue weighted by Crippen LogP contribution is 2.26. The number of halogens is 2. The third-order valence-electron chi connectivity index (χ3n) is 3.19. The molecule has 4 nitrogen and oxygen atoms in total. The van der Waals surface area contributed by atoms with Gasteiger partial charge in [-0.15, -0.1) is 12.4 Å². The lowest BCUT2D eigenvalue weighted by atomic mass is 10.2. The number of rotatable bonds is 4. The van der Waals surface area contributed by atoms with Crippen molar-refractivity contribution in [3.8, 4) is 0 Å². The molecule has 0 aliphatic carbocycles. The standard InChI is InChI=1S/C12H17FN2O2S.ClH/c1-14-9-10-5-4-8-15(10)18(16,17)12-7-3-2-6-11(12)13;/h2-3,6-7,10,14H,4-5,8-9H2,1H3;1H. The van der Waals surface area contributed by atoms with Crippen LogP contribution < -0.4 is 5.32 Å². The lowest BCUT2D eigenvalue weighted by molar-refractivity contribution is 0.377. The summed E-state index contributed by atoms with van der Waals surface area (Å²) in [7, 11) is -1.94. The SMILES string of the molecule is CNCC1CCCN1S(=O)(=O)c1ccccc1F.Cl. The number of hydrogen-bond acceptors (Lipinski definition) is 3. The number of benzene rings is 1. The van der Waals surface area contributed by atoms with Crippen LogP contribution in [-0.4, -0.2) is 38.9 Å². The molecule has 1 unspecified atom stereocenters. The second kappa shape index (κ2) is 6.65. The van der Waals surface area contributed by atoms with E-state index in [0.717, 1.165) is 12.8 Å². The van der Waals surface area contributed by atoms with Crippen LogP contribution in [0, 0.1) is 5.82 Å². The molecule has 1 atom stereocenters. The molecule has 0 amide bonds. The number of likely N-dealkylation sites (N-methyl/N-ethyl adjacent to an activating group) is 1. The first-order valence-corrected chi connectivity index (χ1v) is 7.42. The zero-order valence-electron chi connectivity index (χ0n) is 10.7. The summed E-state index contributed by atoms with van der Waals surface area (Å²) in [5.41, 5.74) is 0. The Morgan fingerprint density at radius 2 is 2.11 bits per heavy atom. The Bertz CT molecular complexity index is 524. The van der Waals surface area contributed by atoms with Gasteiger partial charge in [0.05, 0.1) is 0 Å². The number of hydrogen-bond donors (Lipinski definition) is 1. The van der Waals surface area contributed by atoms with E-state index in [2.05, 4.69) is 5.32 Å². The molecule has 2 rings (SSSR count). The molecular formula is C12H18ClFN2O2S. The largest absolute Gasteiger partial charge is 0.318 e. The van der Waals surface area contributed by atoms with Crippen molar-refractivity contribution in [3.63, 3.8) is 0 Å². The monoisotopic (exact) mass is 308 g/mol. The Kier molecular flexibility index (Phi) is 5.73. The molecule has 1 aliphatic rings. The molecule has 7 heteroatoms. The fourth-order valence-electron chi connectivity index (χ4n) is 2.35. The van der Waals surface area contributed by atoms with E-state index < -0.39 is 15.8 Å². The van der Waals surface area contributed by atoms with Crippen LogP contribution in [0.25, 0.3) is 0 Å². The molecule has 1 fully saturated rings. The minimum absolute atomic E-state index is 0. The fourth-order valence-corrected chi connectivity index (χ4v) is 4.11. The molecule has 0 spiro atoms. The van der Waals surface area contributed by atoms with Crippen molar-refractivity contribution < 1.29 is 12.8 Å². The molecular weight excluding hydrogens is 291 g/mol. The molecule has 0 aromatic heterocycles. The average Bonchev–Trinajstić information content (AvgIpc) is 2.79. The molecule has 1 saturated heterocycles. The molecule has 19 heavy (non-hydrogen) atoms. The first-order valence-electron chi connectivity index (χ1n) is 5.98. The van der Waals surface area contributed by atoms with Crippen molar-refractivity contribution in [1.82, 2.24) is 9.62 Å². The molecule has 0 radical (unpaired) electrons. The average molecular weight is 309 g/mol. The second-order valence-electron chi connectivity index (χ2n) is 4.40. The predicted octanol–water partition coefficient (Wildman–Crippen LogP) is 1.62. The van der Waals surface area contributed by atoms with E-state index in [0.29, 0.717) is 13.1 Å². The summed E-state index contributed by atoms with van der Waals surface area (Å²) in [6.07, 6.45) is 1.63. The summed E-state index contributed by atoms with van der Waals surface area (Å²) >= 11 is 0. The Labute approximate surface area is 119 Å². The van der Waals surface area contributed by atoms with Crippen molar-refractivity contribution in [2.75, 3.05) is 20.1 Å². The molecule has 0 saturated carbocycles. The van der Waals surface area contributed by atoms with Crippen LogP contribution in [0.5, 0.6) is 0 Å². The van der Waals surface area contributed by atoms with E-state index in [1.807, 2.05) is 0 Å². The summed E-state index contributed by atoms with van der Waals surface area (Å²) in [4.78, 5) is -0.229. The number of nitrogens with one attached hydrogen (secondary N) is 1. The van der Waals surface area contributed by atoms with Gasteiger partial charge in [-0.3, -0.25) is 0 Å². The Hall–Kier alpha value is -0.690. The third kappa shape index (κ3) is 3.25. The van der Waals surface area contributed by atoms with Crippen molar-refractivity contribution in [1.29, 1.82) is 0 Å². The van der Waals surface area contributed by atoms with Crippen LogP contribution in [0.3, 0.4) is 0 Å². The smallest absolute Gasteiger partial charge is 0.246 e. The van der Waals surface area contributed by atoms with E-state index in [1.165, 1.54) is 22.5 Å². The zero-order chi connectivity index (χ0) is 13.2. The third-order valence-corrected chi connectivity index (χ3v) is 5.17. The zero-order valence-corrected chi connectivity index (χ0v) is 12.3. The van der Waals surface area contributed by atoms with Gasteiger partial charge in [-0.25, -0.2) is 12.8 Å². The van der Waals surface area contributed by atoms with Crippen molar-refractivity contribution in [2.24, 2.45) is 0 Å².